The zero-order valence-electron chi connectivity index (χ0n) is 7.58. The van der Waals surface area contributed by atoms with E-state index in [0.717, 1.165) is 6.42 Å². The molecular formula is C12H10I2. The summed E-state index contributed by atoms with van der Waals surface area (Å²) in [4.78, 5) is 0. The molecule has 2 rings (SSSR count). The van der Waals surface area contributed by atoms with E-state index in [1.807, 2.05) is 0 Å². The number of alkyl halides is 1. The van der Waals surface area contributed by atoms with Crippen LogP contribution in [-0.2, 0) is 3.42 Å². The lowest BCUT2D eigenvalue weighted by atomic mass is 9.93. The van der Waals surface area contributed by atoms with E-state index in [1.54, 1.807) is 0 Å². The summed E-state index contributed by atoms with van der Waals surface area (Å²) in [6.45, 7) is 0. The molecule has 14 heavy (non-hydrogen) atoms. The minimum absolute atomic E-state index is 0.160. The minimum atomic E-state index is 0.160. The molecule has 0 saturated carbocycles. The highest BCUT2D eigenvalue weighted by atomic mass is 127. The first-order chi connectivity index (χ1) is 6.71. The molecule has 0 saturated heterocycles. The van der Waals surface area contributed by atoms with Gasteiger partial charge in [0.2, 0.25) is 0 Å². The van der Waals surface area contributed by atoms with Gasteiger partial charge < -0.3 is 0 Å². The fraction of sp³-hybridized carbons (Fsp3) is 0.167. The van der Waals surface area contributed by atoms with Crippen LogP contribution in [-0.4, -0.2) is 0 Å². The number of hydrogen-bond acceptors (Lipinski definition) is 0. The summed E-state index contributed by atoms with van der Waals surface area (Å²) in [5, 5.41) is 0. The number of rotatable bonds is 1. The summed E-state index contributed by atoms with van der Waals surface area (Å²) < 4.78 is 1.50. The molecule has 0 aliphatic heterocycles. The van der Waals surface area contributed by atoms with Crippen molar-refractivity contribution in [2.45, 2.75) is 9.84 Å². The van der Waals surface area contributed by atoms with Gasteiger partial charge in [-0.3, -0.25) is 0 Å². The molecule has 0 bridgehead atoms. The molecule has 0 aromatic heterocycles. The van der Waals surface area contributed by atoms with Crippen LogP contribution in [0.4, 0.5) is 0 Å². The third-order valence-electron chi connectivity index (χ3n) is 2.35. The molecule has 1 aliphatic carbocycles. The lowest BCUT2D eigenvalue weighted by Gasteiger charge is -2.25. The molecule has 1 aliphatic rings. The highest BCUT2D eigenvalue weighted by Crippen LogP contribution is 2.41. The van der Waals surface area contributed by atoms with Crippen molar-refractivity contribution in [1.29, 1.82) is 0 Å². The van der Waals surface area contributed by atoms with Gasteiger partial charge in [-0.15, -0.1) is 0 Å². The van der Waals surface area contributed by atoms with Crippen LogP contribution in [0.15, 0.2) is 52.1 Å². The Labute approximate surface area is 112 Å². The summed E-state index contributed by atoms with van der Waals surface area (Å²) in [6, 6.07) is 10.7. The molecule has 1 aromatic rings. The van der Waals surface area contributed by atoms with Crippen molar-refractivity contribution < 1.29 is 0 Å². The van der Waals surface area contributed by atoms with Crippen molar-refractivity contribution in [1.82, 2.24) is 0 Å². The Bertz CT molecular complexity index is 379. The van der Waals surface area contributed by atoms with Crippen LogP contribution in [0, 0.1) is 0 Å². The molecule has 0 radical (unpaired) electrons. The first-order valence-corrected chi connectivity index (χ1v) is 6.66. The maximum Gasteiger partial charge on any atom is 0.0687 e. The normalized spacial score (nSPS) is 26.0. The highest BCUT2D eigenvalue weighted by Gasteiger charge is 2.26. The summed E-state index contributed by atoms with van der Waals surface area (Å²) in [5.41, 5.74) is 1.39. The Balaban J connectivity index is 2.32. The zero-order valence-corrected chi connectivity index (χ0v) is 11.9. The third-order valence-corrected chi connectivity index (χ3v) is 4.58. The van der Waals surface area contributed by atoms with Crippen molar-refractivity contribution in [3.05, 3.63) is 57.7 Å². The fourth-order valence-electron chi connectivity index (χ4n) is 1.52. The van der Waals surface area contributed by atoms with Gasteiger partial charge in [-0.05, 0) is 34.6 Å². The second-order valence-electron chi connectivity index (χ2n) is 3.35. The van der Waals surface area contributed by atoms with Crippen molar-refractivity contribution >= 4 is 45.2 Å². The molecule has 2 heteroatoms. The van der Waals surface area contributed by atoms with Gasteiger partial charge in [-0.1, -0.05) is 71.2 Å². The highest BCUT2D eigenvalue weighted by molar-refractivity contribution is 14.1. The standard InChI is InChI=1S/C12H10I2/c13-11-6-8-12(14,9-7-11)10-4-2-1-3-5-10/h1-8H,9H2. The Hall–Kier alpha value is 0.160. The van der Waals surface area contributed by atoms with Crippen LogP contribution < -0.4 is 0 Å². The molecule has 1 aromatic carbocycles. The molecule has 0 heterocycles. The van der Waals surface area contributed by atoms with E-state index >= 15 is 0 Å². The largest absolute Gasteiger partial charge is 0.0692 e. The Kier molecular flexibility index (Phi) is 3.31. The third kappa shape index (κ3) is 2.21. The van der Waals surface area contributed by atoms with Gasteiger partial charge in [0.05, 0.1) is 3.42 Å². The SMILES string of the molecule is IC1=CCC(I)(c2ccccc2)C=C1. The van der Waals surface area contributed by atoms with Crippen LogP contribution in [0.3, 0.4) is 0 Å². The summed E-state index contributed by atoms with van der Waals surface area (Å²) in [7, 11) is 0. The second-order valence-corrected chi connectivity index (χ2v) is 6.53. The Morgan fingerprint density at radius 3 is 2.43 bits per heavy atom. The maximum absolute atomic E-state index is 2.53. The molecule has 0 amide bonds. The summed E-state index contributed by atoms with van der Waals surface area (Å²) in [6.07, 6.45) is 7.88. The average molecular weight is 408 g/mol. The van der Waals surface area contributed by atoms with Crippen molar-refractivity contribution in [3.63, 3.8) is 0 Å². The van der Waals surface area contributed by atoms with Crippen LogP contribution in [0.5, 0.6) is 0 Å². The van der Waals surface area contributed by atoms with E-state index in [1.165, 1.54) is 9.14 Å². The maximum atomic E-state index is 2.53. The van der Waals surface area contributed by atoms with Crippen LogP contribution >= 0.6 is 45.2 Å². The van der Waals surface area contributed by atoms with Gasteiger partial charge in [-0.25, -0.2) is 0 Å². The van der Waals surface area contributed by atoms with Crippen LogP contribution in [0.1, 0.15) is 12.0 Å². The Morgan fingerprint density at radius 2 is 1.86 bits per heavy atom. The van der Waals surface area contributed by atoms with E-state index in [0.29, 0.717) is 0 Å². The molecule has 1 unspecified atom stereocenters. The van der Waals surface area contributed by atoms with E-state index in [2.05, 4.69) is 93.7 Å². The predicted molar refractivity (Wildman–Crippen MR) is 78.0 cm³/mol. The van der Waals surface area contributed by atoms with Gasteiger partial charge >= 0.3 is 0 Å². The first kappa shape index (κ1) is 10.7. The van der Waals surface area contributed by atoms with Gasteiger partial charge in [0.1, 0.15) is 0 Å². The second kappa shape index (κ2) is 4.35. The monoisotopic (exact) mass is 408 g/mol. The minimum Gasteiger partial charge on any atom is -0.0692 e. The molecule has 1 atom stereocenters. The van der Waals surface area contributed by atoms with Crippen molar-refractivity contribution in [2.75, 3.05) is 0 Å². The van der Waals surface area contributed by atoms with E-state index in [-0.39, 0.29) is 3.42 Å². The van der Waals surface area contributed by atoms with Gasteiger partial charge in [0, 0.05) is 3.58 Å². The molecule has 0 spiro atoms. The topological polar surface area (TPSA) is 0 Å². The number of allylic oxidation sites excluding steroid dienone is 4. The summed E-state index contributed by atoms with van der Waals surface area (Å²) in [5.74, 6) is 0. The quantitative estimate of drug-likeness (QED) is 0.471. The van der Waals surface area contributed by atoms with Crippen molar-refractivity contribution in [3.8, 4) is 0 Å². The van der Waals surface area contributed by atoms with E-state index in [4.69, 9.17) is 0 Å². The average Bonchev–Trinajstić information content (AvgIpc) is 2.24. The van der Waals surface area contributed by atoms with Gasteiger partial charge in [0.25, 0.3) is 0 Å². The molecule has 0 fully saturated rings. The van der Waals surface area contributed by atoms with E-state index in [9.17, 15) is 0 Å². The van der Waals surface area contributed by atoms with Crippen LogP contribution in [0.2, 0.25) is 0 Å². The predicted octanol–water partition coefficient (Wildman–Crippen LogP) is 4.60. The molecule has 0 N–H and O–H groups in total. The zero-order chi connectivity index (χ0) is 10.0. The molecule has 0 nitrogen and oxygen atoms in total. The van der Waals surface area contributed by atoms with Crippen molar-refractivity contribution in [2.24, 2.45) is 0 Å². The van der Waals surface area contributed by atoms with E-state index < -0.39 is 0 Å². The lowest BCUT2D eigenvalue weighted by molar-refractivity contribution is 0.817. The summed E-state index contributed by atoms with van der Waals surface area (Å²) >= 11 is 4.89. The van der Waals surface area contributed by atoms with Crippen LogP contribution in [0.25, 0.3) is 0 Å². The fourth-order valence-corrected chi connectivity index (χ4v) is 2.68. The first-order valence-electron chi connectivity index (χ1n) is 4.50. The number of benzene rings is 1. The smallest absolute Gasteiger partial charge is 0.0687 e. The lowest BCUT2D eigenvalue weighted by Crippen LogP contribution is -2.15. The Morgan fingerprint density at radius 1 is 1.14 bits per heavy atom. The number of hydrogen-bond donors (Lipinski definition) is 0. The van der Waals surface area contributed by atoms with Gasteiger partial charge in [0.15, 0.2) is 0 Å². The van der Waals surface area contributed by atoms with Gasteiger partial charge in [-0.2, -0.15) is 0 Å². The number of halogens is 2. The molecular weight excluding hydrogens is 398 g/mol. The molecule has 72 valence electrons.